The zero-order valence-electron chi connectivity index (χ0n) is 13.1. The van der Waals surface area contributed by atoms with Crippen LogP contribution in [0.4, 0.5) is 5.69 Å². The number of hydrogen-bond donors (Lipinski definition) is 1. The van der Waals surface area contributed by atoms with Crippen molar-refractivity contribution >= 4 is 29.1 Å². The number of allylic oxidation sites excluding steroid dienone is 1. The van der Waals surface area contributed by atoms with Crippen molar-refractivity contribution in [1.82, 2.24) is 0 Å². The maximum absolute atomic E-state index is 12.2. The number of alkyl halides is 1. The van der Waals surface area contributed by atoms with E-state index in [-0.39, 0.29) is 11.3 Å². The molecule has 0 radical (unpaired) electrons. The smallest absolute Gasteiger partial charge is 0.185 e. The van der Waals surface area contributed by atoms with Crippen LogP contribution in [0.3, 0.4) is 0 Å². The Bertz CT molecular complexity index is 803. The van der Waals surface area contributed by atoms with E-state index in [9.17, 15) is 4.79 Å². The summed E-state index contributed by atoms with van der Waals surface area (Å²) in [5.74, 6) is -0.0233. The highest BCUT2D eigenvalue weighted by Crippen LogP contribution is 2.31. The van der Waals surface area contributed by atoms with Gasteiger partial charge >= 0.3 is 0 Å². The maximum atomic E-state index is 12.2. The zero-order valence-corrected chi connectivity index (χ0v) is 13.9. The minimum absolute atomic E-state index is 0.0233. The topological polar surface area (TPSA) is 29.1 Å². The van der Waals surface area contributed by atoms with E-state index in [1.807, 2.05) is 62.4 Å². The average molecular weight is 324 g/mol. The molecule has 116 valence electrons. The Hall–Kier alpha value is -2.32. The van der Waals surface area contributed by atoms with E-state index in [1.54, 1.807) is 12.2 Å². The zero-order chi connectivity index (χ0) is 16.4. The van der Waals surface area contributed by atoms with Crippen LogP contribution in [-0.2, 0) is 0 Å². The van der Waals surface area contributed by atoms with E-state index in [0.29, 0.717) is 5.56 Å². The number of aryl methyl sites for hydroxylation is 2. The van der Waals surface area contributed by atoms with Gasteiger partial charge in [-0.15, -0.1) is 0 Å². The summed E-state index contributed by atoms with van der Waals surface area (Å²) in [6.45, 7) is 4.05. The van der Waals surface area contributed by atoms with Crippen LogP contribution in [0.15, 0.2) is 60.2 Å². The molecule has 0 amide bonds. The van der Waals surface area contributed by atoms with E-state index in [2.05, 4.69) is 5.32 Å². The first-order valence-electron chi connectivity index (χ1n) is 7.55. The molecule has 2 nitrogen and oxygen atoms in total. The molecule has 1 atom stereocenters. The van der Waals surface area contributed by atoms with Crippen molar-refractivity contribution in [3.8, 4) is 0 Å². The second kappa shape index (κ2) is 6.43. The molecule has 3 rings (SSSR count). The highest BCUT2D eigenvalue weighted by molar-refractivity contribution is 6.24. The number of rotatable bonds is 3. The summed E-state index contributed by atoms with van der Waals surface area (Å²) in [4.78, 5) is 12.2. The molecule has 0 fully saturated rings. The molecule has 0 saturated carbocycles. The van der Waals surface area contributed by atoms with Gasteiger partial charge in [-0.1, -0.05) is 65.7 Å². The van der Waals surface area contributed by atoms with Crippen LogP contribution in [-0.4, -0.2) is 11.3 Å². The SMILES string of the molecule is Cc1ccc(C(=O)C=CC2=Cc3cccc(C)c3NC2Cl)cc1. The van der Waals surface area contributed by atoms with E-state index in [4.69, 9.17) is 11.6 Å². The van der Waals surface area contributed by atoms with Crippen molar-refractivity contribution in [2.45, 2.75) is 19.3 Å². The van der Waals surface area contributed by atoms with Gasteiger partial charge < -0.3 is 5.32 Å². The second-order valence-electron chi connectivity index (χ2n) is 5.75. The third-order valence-corrected chi connectivity index (χ3v) is 4.32. The molecule has 0 bridgehead atoms. The minimum atomic E-state index is -0.342. The lowest BCUT2D eigenvalue weighted by atomic mass is 10.00. The molecule has 3 heteroatoms. The molecular weight excluding hydrogens is 306 g/mol. The fraction of sp³-hybridized carbons (Fsp3) is 0.150. The Kier molecular flexibility index (Phi) is 4.35. The van der Waals surface area contributed by atoms with Gasteiger partial charge in [0.25, 0.3) is 0 Å². The van der Waals surface area contributed by atoms with Crippen molar-refractivity contribution in [2.24, 2.45) is 0 Å². The largest absolute Gasteiger partial charge is 0.365 e. The van der Waals surface area contributed by atoms with Crippen LogP contribution in [0.1, 0.15) is 27.0 Å². The van der Waals surface area contributed by atoms with Crippen molar-refractivity contribution in [3.05, 3.63) is 82.4 Å². The van der Waals surface area contributed by atoms with Gasteiger partial charge in [-0.05, 0) is 42.7 Å². The van der Waals surface area contributed by atoms with Gasteiger partial charge in [0.1, 0.15) is 5.50 Å². The third-order valence-electron chi connectivity index (χ3n) is 3.95. The third kappa shape index (κ3) is 3.38. The summed E-state index contributed by atoms with van der Waals surface area (Å²) in [6.07, 6.45) is 5.39. The van der Waals surface area contributed by atoms with Crippen LogP contribution in [0, 0.1) is 13.8 Å². The number of anilines is 1. The lowest BCUT2D eigenvalue weighted by molar-refractivity contribution is 0.104. The van der Waals surface area contributed by atoms with Gasteiger partial charge in [-0.25, -0.2) is 0 Å². The second-order valence-corrected chi connectivity index (χ2v) is 6.19. The molecule has 2 aromatic carbocycles. The van der Waals surface area contributed by atoms with Crippen LogP contribution in [0.25, 0.3) is 6.08 Å². The number of hydrogen-bond acceptors (Lipinski definition) is 2. The highest BCUT2D eigenvalue weighted by atomic mass is 35.5. The molecule has 1 unspecified atom stereocenters. The van der Waals surface area contributed by atoms with E-state index in [0.717, 1.165) is 28.0 Å². The molecule has 0 saturated heterocycles. The van der Waals surface area contributed by atoms with Gasteiger partial charge in [0.05, 0.1) is 0 Å². The number of para-hydroxylation sites is 1. The predicted octanol–water partition coefficient (Wildman–Crippen LogP) is 5.12. The van der Waals surface area contributed by atoms with Gasteiger partial charge in [-0.2, -0.15) is 0 Å². The maximum Gasteiger partial charge on any atom is 0.185 e. The van der Waals surface area contributed by atoms with Crippen LogP contribution >= 0.6 is 11.6 Å². The standard InChI is InChI=1S/C20H18ClNO/c1-13-6-8-15(9-7-13)18(23)11-10-17-12-16-5-3-4-14(2)19(16)22-20(17)21/h3-12,20,22H,1-2H3. The summed E-state index contributed by atoms with van der Waals surface area (Å²) >= 11 is 6.39. The average Bonchev–Trinajstić information content (AvgIpc) is 2.54. The molecule has 1 heterocycles. The van der Waals surface area contributed by atoms with Gasteiger partial charge in [0, 0.05) is 11.3 Å². The van der Waals surface area contributed by atoms with Crippen molar-refractivity contribution < 1.29 is 4.79 Å². The number of fused-ring (bicyclic) bond motifs is 1. The fourth-order valence-corrected chi connectivity index (χ4v) is 2.83. The van der Waals surface area contributed by atoms with Gasteiger partial charge in [-0.3, -0.25) is 4.79 Å². The van der Waals surface area contributed by atoms with Crippen LogP contribution in [0.5, 0.6) is 0 Å². The summed E-state index contributed by atoms with van der Waals surface area (Å²) < 4.78 is 0. The van der Waals surface area contributed by atoms with Crippen LogP contribution < -0.4 is 5.32 Å². The number of nitrogens with one attached hydrogen (secondary N) is 1. The lowest BCUT2D eigenvalue weighted by Crippen LogP contribution is -2.19. The Morgan fingerprint density at radius 3 is 2.61 bits per heavy atom. The van der Waals surface area contributed by atoms with Crippen molar-refractivity contribution in [3.63, 3.8) is 0 Å². The normalized spacial score (nSPS) is 16.7. The minimum Gasteiger partial charge on any atom is -0.365 e. The van der Waals surface area contributed by atoms with Gasteiger partial charge in [0.15, 0.2) is 5.78 Å². The van der Waals surface area contributed by atoms with E-state index < -0.39 is 0 Å². The number of halogens is 1. The monoisotopic (exact) mass is 323 g/mol. The summed E-state index contributed by atoms with van der Waals surface area (Å²) in [5, 5.41) is 3.28. The lowest BCUT2D eigenvalue weighted by Gasteiger charge is -2.23. The first-order valence-corrected chi connectivity index (χ1v) is 7.99. The van der Waals surface area contributed by atoms with Crippen LogP contribution in [0.2, 0.25) is 0 Å². The number of carbonyl (C=O) groups excluding carboxylic acids is 1. The quantitative estimate of drug-likeness (QED) is 0.368. The fourth-order valence-electron chi connectivity index (χ4n) is 2.59. The molecule has 1 aliphatic rings. The van der Waals surface area contributed by atoms with E-state index >= 15 is 0 Å². The number of carbonyl (C=O) groups is 1. The van der Waals surface area contributed by atoms with Crippen molar-refractivity contribution in [2.75, 3.05) is 5.32 Å². The van der Waals surface area contributed by atoms with E-state index in [1.165, 1.54) is 0 Å². The Morgan fingerprint density at radius 1 is 1.13 bits per heavy atom. The number of ketones is 1. The Labute approximate surface area is 141 Å². The first kappa shape index (κ1) is 15.6. The molecule has 0 spiro atoms. The van der Waals surface area contributed by atoms with Crippen molar-refractivity contribution in [1.29, 1.82) is 0 Å². The summed E-state index contributed by atoms with van der Waals surface area (Å²) in [5.41, 5.74) is 5.65. The Morgan fingerprint density at radius 2 is 1.87 bits per heavy atom. The van der Waals surface area contributed by atoms with Gasteiger partial charge in [0.2, 0.25) is 0 Å². The molecule has 1 N–H and O–H groups in total. The number of benzene rings is 2. The molecule has 2 aromatic rings. The summed E-state index contributed by atoms with van der Waals surface area (Å²) in [7, 11) is 0. The summed E-state index contributed by atoms with van der Waals surface area (Å²) in [6, 6.07) is 13.6. The molecule has 0 aromatic heterocycles. The Balaban J connectivity index is 1.84. The highest BCUT2D eigenvalue weighted by Gasteiger charge is 2.18. The first-order chi connectivity index (χ1) is 11.0. The molecule has 1 aliphatic heterocycles. The molecule has 0 aliphatic carbocycles. The predicted molar refractivity (Wildman–Crippen MR) is 97.1 cm³/mol. The molecule has 23 heavy (non-hydrogen) atoms. The molecular formula is C20H18ClNO.